The van der Waals surface area contributed by atoms with Crippen molar-refractivity contribution in [2.24, 2.45) is 0 Å². The van der Waals surface area contributed by atoms with Crippen molar-refractivity contribution in [2.45, 2.75) is 31.4 Å². The summed E-state index contributed by atoms with van der Waals surface area (Å²) < 4.78 is 5.40. The molecule has 0 unspecified atom stereocenters. The molecule has 4 heteroatoms. The summed E-state index contributed by atoms with van der Waals surface area (Å²) in [5.41, 5.74) is -0.0953. The second kappa shape index (κ2) is 3.84. The second-order valence-corrected chi connectivity index (χ2v) is 4.54. The zero-order chi connectivity index (χ0) is 9.90. The van der Waals surface area contributed by atoms with E-state index in [1.54, 1.807) is 0 Å². The third kappa shape index (κ3) is 2.78. The number of aromatic nitrogens is 2. The molecule has 0 fully saturated rings. The summed E-state index contributed by atoms with van der Waals surface area (Å²) in [5.74, 6) is 3.71. The van der Waals surface area contributed by atoms with Gasteiger partial charge < -0.3 is 4.42 Å². The van der Waals surface area contributed by atoms with Crippen LogP contribution >= 0.6 is 11.8 Å². The van der Waals surface area contributed by atoms with Gasteiger partial charge in [-0.3, -0.25) is 0 Å². The molecule has 1 aromatic heterocycles. The lowest BCUT2D eigenvalue weighted by Gasteiger charge is -2.10. The molecular formula is C9H12N2OS. The first-order valence-corrected chi connectivity index (χ1v) is 4.93. The Bertz CT molecular complexity index is 319. The van der Waals surface area contributed by atoms with Crippen LogP contribution in [0.1, 0.15) is 26.7 Å². The van der Waals surface area contributed by atoms with Crippen LogP contribution in [0.4, 0.5) is 0 Å². The van der Waals surface area contributed by atoms with Gasteiger partial charge in [0.15, 0.2) is 0 Å². The van der Waals surface area contributed by atoms with Crippen molar-refractivity contribution in [2.75, 3.05) is 5.75 Å². The normalized spacial score (nSPS) is 11.2. The first-order valence-electron chi connectivity index (χ1n) is 3.94. The largest absolute Gasteiger partial charge is 0.415 e. The molecule has 1 aromatic rings. The maximum atomic E-state index is 5.40. The minimum absolute atomic E-state index is 0.0953. The van der Waals surface area contributed by atoms with Gasteiger partial charge in [-0.15, -0.1) is 16.6 Å². The summed E-state index contributed by atoms with van der Waals surface area (Å²) in [6.07, 6.45) is 5.11. The number of rotatable bonds is 2. The third-order valence-electron chi connectivity index (χ3n) is 1.33. The smallest absolute Gasteiger partial charge is 0.277 e. The average Bonchev–Trinajstić information content (AvgIpc) is 2.47. The topological polar surface area (TPSA) is 38.9 Å². The maximum Gasteiger partial charge on any atom is 0.277 e. The van der Waals surface area contributed by atoms with Crippen LogP contribution in [0.3, 0.4) is 0 Å². The van der Waals surface area contributed by atoms with E-state index in [1.165, 1.54) is 11.8 Å². The fourth-order valence-electron chi connectivity index (χ4n) is 0.675. The van der Waals surface area contributed by atoms with Crippen LogP contribution in [0.2, 0.25) is 0 Å². The Kier molecular flexibility index (Phi) is 2.99. The van der Waals surface area contributed by atoms with E-state index in [9.17, 15) is 0 Å². The molecule has 0 N–H and O–H groups in total. The van der Waals surface area contributed by atoms with Crippen molar-refractivity contribution in [3.8, 4) is 12.3 Å². The minimum Gasteiger partial charge on any atom is -0.415 e. The Morgan fingerprint density at radius 1 is 1.46 bits per heavy atom. The molecule has 13 heavy (non-hydrogen) atoms. The molecule has 0 saturated carbocycles. The van der Waals surface area contributed by atoms with Crippen molar-refractivity contribution < 1.29 is 4.42 Å². The molecule has 0 aliphatic rings. The van der Waals surface area contributed by atoms with Gasteiger partial charge in [0.05, 0.1) is 5.75 Å². The van der Waals surface area contributed by atoms with Gasteiger partial charge in [-0.05, 0) is 0 Å². The third-order valence-corrected chi connectivity index (χ3v) is 2.05. The summed E-state index contributed by atoms with van der Waals surface area (Å²) in [7, 11) is 0. The highest BCUT2D eigenvalue weighted by molar-refractivity contribution is 7.99. The highest BCUT2D eigenvalue weighted by Crippen LogP contribution is 2.24. The van der Waals surface area contributed by atoms with Crippen molar-refractivity contribution in [3.63, 3.8) is 0 Å². The zero-order valence-electron chi connectivity index (χ0n) is 8.00. The van der Waals surface area contributed by atoms with Crippen molar-refractivity contribution in [1.82, 2.24) is 10.2 Å². The van der Waals surface area contributed by atoms with Crippen LogP contribution in [0, 0.1) is 12.3 Å². The van der Waals surface area contributed by atoms with Crippen molar-refractivity contribution >= 4 is 11.8 Å². The molecule has 70 valence electrons. The van der Waals surface area contributed by atoms with Crippen LogP contribution < -0.4 is 0 Å². The predicted octanol–water partition coefficient (Wildman–Crippen LogP) is 2.09. The fourth-order valence-corrected chi connectivity index (χ4v) is 1.12. The van der Waals surface area contributed by atoms with E-state index < -0.39 is 0 Å². The van der Waals surface area contributed by atoms with E-state index in [0.29, 0.717) is 16.9 Å². The van der Waals surface area contributed by atoms with Gasteiger partial charge in [0.1, 0.15) is 0 Å². The van der Waals surface area contributed by atoms with Gasteiger partial charge in [-0.1, -0.05) is 38.5 Å². The lowest BCUT2D eigenvalue weighted by molar-refractivity contribution is 0.347. The molecule has 0 amide bonds. The maximum absolute atomic E-state index is 5.40. The summed E-state index contributed by atoms with van der Waals surface area (Å²) in [5, 5.41) is 8.35. The molecule has 1 heterocycles. The molecule has 0 saturated heterocycles. The van der Waals surface area contributed by atoms with Crippen LogP contribution in [0.25, 0.3) is 0 Å². The Morgan fingerprint density at radius 2 is 2.15 bits per heavy atom. The average molecular weight is 196 g/mol. The molecule has 0 aromatic carbocycles. The SMILES string of the molecule is C#CCSc1nnc(C(C)(C)C)o1. The summed E-state index contributed by atoms with van der Waals surface area (Å²) >= 11 is 1.38. The van der Waals surface area contributed by atoms with E-state index in [-0.39, 0.29) is 5.41 Å². The standard InChI is InChI=1S/C9H12N2OS/c1-5-6-13-8-11-10-7(12-8)9(2,3)4/h1H,6H2,2-4H3. The molecule has 1 rings (SSSR count). The van der Waals surface area contributed by atoms with E-state index in [0.717, 1.165) is 0 Å². The van der Waals surface area contributed by atoms with Crippen LogP contribution in [-0.2, 0) is 5.41 Å². The number of hydrogen-bond donors (Lipinski definition) is 0. The molecule has 0 spiro atoms. The van der Waals surface area contributed by atoms with Crippen LogP contribution in [0.5, 0.6) is 0 Å². The second-order valence-electron chi connectivity index (χ2n) is 3.62. The Hall–Kier alpha value is -0.950. The molecule has 0 aliphatic heterocycles. The molecule has 0 aliphatic carbocycles. The number of terminal acetylenes is 1. The lowest BCUT2D eigenvalue weighted by Crippen LogP contribution is -2.11. The van der Waals surface area contributed by atoms with Gasteiger partial charge in [0.25, 0.3) is 5.22 Å². The van der Waals surface area contributed by atoms with Gasteiger partial charge >= 0.3 is 0 Å². The first kappa shape index (κ1) is 10.1. The molecule has 0 atom stereocenters. The van der Waals surface area contributed by atoms with Gasteiger partial charge in [-0.2, -0.15) is 0 Å². The highest BCUT2D eigenvalue weighted by Gasteiger charge is 2.21. The summed E-state index contributed by atoms with van der Waals surface area (Å²) in [4.78, 5) is 0. The Morgan fingerprint density at radius 3 is 2.62 bits per heavy atom. The van der Waals surface area contributed by atoms with Crippen molar-refractivity contribution in [1.29, 1.82) is 0 Å². The quantitative estimate of drug-likeness (QED) is 0.536. The van der Waals surface area contributed by atoms with Gasteiger partial charge in [-0.25, -0.2) is 0 Å². The summed E-state index contributed by atoms with van der Waals surface area (Å²) in [6, 6.07) is 0. The number of thioether (sulfide) groups is 1. The van der Waals surface area contributed by atoms with E-state index >= 15 is 0 Å². The molecule has 0 radical (unpaired) electrons. The predicted molar refractivity (Wildman–Crippen MR) is 52.6 cm³/mol. The minimum atomic E-state index is -0.0953. The van der Waals surface area contributed by atoms with Gasteiger partial charge in [0, 0.05) is 5.41 Å². The number of nitrogens with zero attached hydrogens (tertiary/aromatic N) is 2. The van der Waals surface area contributed by atoms with E-state index in [2.05, 4.69) is 16.1 Å². The molecular weight excluding hydrogens is 184 g/mol. The molecule has 0 bridgehead atoms. The molecule has 3 nitrogen and oxygen atoms in total. The monoisotopic (exact) mass is 196 g/mol. The number of hydrogen-bond acceptors (Lipinski definition) is 4. The zero-order valence-corrected chi connectivity index (χ0v) is 8.81. The fraction of sp³-hybridized carbons (Fsp3) is 0.556. The van der Waals surface area contributed by atoms with E-state index in [1.807, 2.05) is 20.8 Å². The first-order chi connectivity index (χ1) is 6.04. The Balaban J connectivity index is 2.71. The Labute approximate surface area is 82.3 Å². The van der Waals surface area contributed by atoms with Gasteiger partial charge in [0.2, 0.25) is 5.89 Å². The van der Waals surface area contributed by atoms with E-state index in [4.69, 9.17) is 10.8 Å². The summed E-state index contributed by atoms with van der Waals surface area (Å²) in [6.45, 7) is 6.07. The van der Waals surface area contributed by atoms with Crippen LogP contribution in [-0.4, -0.2) is 16.0 Å². The lowest BCUT2D eigenvalue weighted by atomic mass is 9.97. The highest BCUT2D eigenvalue weighted by atomic mass is 32.2. The van der Waals surface area contributed by atoms with Crippen LogP contribution in [0.15, 0.2) is 9.64 Å². The van der Waals surface area contributed by atoms with Crippen molar-refractivity contribution in [3.05, 3.63) is 5.89 Å².